The van der Waals surface area contributed by atoms with Gasteiger partial charge >= 0.3 is 18.3 Å². The van der Waals surface area contributed by atoms with Gasteiger partial charge in [0.1, 0.15) is 17.0 Å². The van der Waals surface area contributed by atoms with Crippen molar-refractivity contribution in [1.82, 2.24) is 5.32 Å². The molecule has 1 aliphatic heterocycles. The minimum Gasteiger partial charge on any atom is -0.477 e. The molecule has 0 fully saturated rings. The second kappa shape index (κ2) is 7.75. The van der Waals surface area contributed by atoms with Gasteiger partial charge in [-0.15, -0.1) is 0 Å². The minimum atomic E-state index is -5.81. The zero-order valence-electron chi connectivity index (χ0n) is 14.3. The molecule has 0 bridgehead atoms. The van der Waals surface area contributed by atoms with E-state index in [2.05, 4.69) is 4.74 Å². The Bertz CT molecular complexity index is 836. The van der Waals surface area contributed by atoms with Crippen LogP contribution in [0.4, 0.5) is 26.3 Å². The van der Waals surface area contributed by atoms with Crippen LogP contribution in [0.2, 0.25) is 5.02 Å². The quantitative estimate of drug-likeness (QED) is 0.419. The monoisotopic (exact) mass is 447 g/mol. The van der Waals surface area contributed by atoms with Crippen LogP contribution in [0.25, 0.3) is 0 Å². The summed E-state index contributed by atoms with van der Waals surface area (Å²) in [7, 11) is 0. The number of ketones is 1. The van der Waals surface area contributed by atoms with Crippen molar-refractivity contribution in [1.29, 1.82) is 0 Å². The minimum absolute atomic E-state index is 0.142. The van der Waals surface area contributed by atoms with Crippen LogP contribution in [-0.4, -0.2) is 47.6 Å². The third-order valence-electron chi connectivity index (χ3n) is 3.69. The van der Waals surface area contributed by atoms with Gasteiger partial charge in [0, 0.05) is 5.02 Å². The molecule has 2 unspecified atom stereocenters. The summed E-state index contributed by atoms with van der Waals surface area (Å²) in [6.07, 6.45) is -14.4. The van der Waals surface area contributed by atoms with Crippen LogP contribution < -0.4 is 10.1 Å². The van der Waals surface area contributed by atoms with E-state index in [9.17, 15) is 41.0 Å². The van der Waals surface area contributed by atoms with E-state index in [0.717, 1.165) is 29.6 Å². The predicted molar refractivity (Wildman–Crippen MR) is 84.7 cm³/mol. The number of nitrogens with one attached hydrogen (secondary N) is 1. The smallest absolute Gasteiger partial charge is 0.440 e. The first-order valence-electron chi connectivity index (χ1n) is 7.74. The number of ether oxygens (including phenoxy) is 2. The number of esters is 1. The Balaban J connectivity index is 2.66. The number of benzene rings is 1. The van der Waals surface area contributed by atoms with Gasteiger partial charge in [0.2, 0.25) is 11.9 Å². The predicted octanol–water partition coefficient (Wildman–Crippen LogP) is 2.89. The second-order valence-corrected chi connectivity index (χ2v) is 6.11. The number of hydrogen-bond acceptors (Lipinski definition) is 6. The van der Waals surface area contributed by atoms with Gasteiger partial charge in [0.25, 0.3) is 5.72 Å². The zero-order chi connectivity index (χ0) is 22.2. The van der Waals surface area contributed by atoms with Crippen LogP contribution in [0.3, 0.4) is 0 Å². The third kappa shape index (κ3) is 4.42. The molecule has 13 heteroatoms. The van der Waals surface area contributed by atoms with E-state index in [1.807, 2.05) is 0 Å². The highest BCUT2D eigenvalue weighted by Crippen LogP contribution is 2.42. The Morgan fingerprint density at radius 3 is 2.21 bits per heavy atom. The van der Waals surface area contributed by atoms with Gasteiger partial charge in [0.05, 0.1) is 6.61 Å². The van der Waals surface area contributed by atoms with E-state index in [4.69, 9.17) is 16.3 Å². The zero-order valence-corrected chi connectivity index (χ0v) is 15.1. The SMILES string of the molecule is CCOC(=O)C1=C(C(F)(F)F)NC(O)(C(F)(F)F)C(Oc2ccc(Cl)cc2)C1=O. The summed E-state index contributed by atoms with van der Waals surface area (Å²) in [5.41, 5.74) is -8.64. The summed E-state index contributed by atoms with van der Waals surface area (Å²) in [5.74, 6) is -4.33. The standard InChI is InChI=1S/C16H12ClF6NO5/c1-2-28-13(26)9-10(25)12(29-8-5-3-7(17)4-6-8)14(27,16(21,22)23)24-11(9)15(18,19)20/h3-6,12,24,27H,2H2,1H3. The average Bonchev–Trinajstić information content (AvgIpc) is 2.58. The maximum atomic E-state index is 13.5. The Labute approximate surface area is 164 Å². The highest BCUT2D eigenvalue weighted by Gasteiger charge is 2.68. The molecule has 0 radical (unpaired) electrons. The molecule has 0 aromatic heterocycles. The van der Waals surface area contributed by atoms with Crippen LogP contribution >= 0.6 is 11.6 Å². The molecule has 0 saturated heterocycles. The van der Waals surface area contributed by atoms with Crippen molar-refractivity contribution in [3.05, 3.63) is 40.6 Å². The van der Waals surface area contributed by atoms with Crippen LogP contribution in [0.5, 0.6) is 5.75 Å². The van der Waals surface area contributed by atoms with Crippen molar-refractivity contribution in [2.75, 3.05) is 6.61 Å². The molecule has 0 spiro atoms. The van der Waals surface area contributed by atoms with Crippen molar-refractivity contribution in [2.45, 2.75) is 31.1 Å². The van der Waals surface area contributed by atoms with Crippen molar-refractivity contribution < 1.29 is 50.5 Å². The maximum absolute atomic E-state index is 13.5. The molecular weight excluding hydrogens is 436 g/mol. The van der Waals surface area contributed by atoms with Crippen LogP contribution in [0.1, 0.15) is 6.92 Å². The molecule has 0 aliphatic carbocycles. The second-order valence-electron chi connectivity index (χ2n) is 5.67. The molecule has 1 aromatic rings. The van der Waals surface area contributed by atoms with E-state index in [1.54, 1.807) is 0 Å². The fourth-order valence-electron chi connectivity index (χ4n) is 2.39. The lowest BCUT2D eigenvalue weighted by Crippen LogP contribution is -2.71. The first-order chi connectivity index (χ1) is 13.2. The Kier molecular flexibility index (Phi) is 6.09. The van der Waals surface area contributed by atoms with E-state index in [1.165, 1.54) is 6.92 Å². The fourth-order valence-corrected chi connectivity index (χ4v) is 2.51. The molecule has 1 aromatic carbocycles. The first kappa shape index (κ1) is 22.8. The van der Waals surface area contributed by atoms with Crippen molar-refractivity contribution in [3.63, 3.8) is 0 Å². The summed E-state index contributed by atoms with van der Waals surface area (Å²) in [6, 6.07) is 4.35. The summed E-state index contributed by atoms with van der Waals surface area (Å²) >= 11 is 5.62. The summed E-state index contributed by atoms with van der Waals surface area (Å²) < 4.78 is 89.5. The molecule has 29 heavy (non-hydrogen) atoms. The van der Waals surface area contributed by atoms with E-state index in [0.29, 0.717) is 0 Å². The van der Waals surface area contributed by atoms with Crippen molar-refractivity contribution in [2.24, 2.45) is 0 Å². The average molecular weight is 448 g/mol. The van der Waals surface area contributed by atoms with Crippen LogP contribution in [-0.2, 0) is 14.3 Å². The van der Waals surface area contributed by atoms with Gasteiger partial charge in [-0.3, -0.25) is 4.79 Å². The molecule has 0 amide bonds. The molecule has 1 aliphatic rings. The number of alkyl halides is 6. The lowest BCUT2D eigenvalue weighted by molar-refractivity contribution is -0.297. The Hall–Kier alpha value is -2.47. The first-order valence-corrected chi connectivity index (χ1v) is 8.12. The summed E-state index contributed by atoms with van der Waals surface area (Å²) in [6.45, 7) is 0.743. The number of hydrogen-bond donors (Lipinski definition) is 2. The summed E-state index contributed by atoms with van der Waals surface area (Å²) in [4.78, 5) is 24.4. The molecule has 2 N–H and O–H groups in total. The molecule has 6 nitrogen and oxygen atoms in total. The van der Waals surface area contributed by atoms with Gasteiger partial charge in [-0.05, 0) is 31.2 Å². The maximum Gasteiger partial charge on any atom is 0.440 e. The van der Waals surface area contributed by atoms with Gasteiger partial charge in [-0.2, -0.15) is 26.3 Å². The van der Waals surface area contributed by atoms with Crippen molar-refractivity contribution >= 4 is 23.4 Å². The van der Waals surface area contributed by atoms with Gasteiger partial charge in [-0.25, -0.2) is 4.79 Å². The van der Waals surface area contributed by atoms with Gasteiger partial charge in [0.15, 0.2) is 0 Å². The topological polar surface area (TPSA) is 84.9 Å². The molecule has 0 saturated carbocycles. The Morgan fingerprint density at radius 2 is 1.76 bits per heavy atom. The molecule has 1 heterocycles. The number of carbonyl (C=O) groups is 2. The number of allylic oxidation sites excluding steroid dienone is 1. The van der Waals surface area contributed by atoms with E-state index in [-0.39, 0.29) is 5.02 Å². The van der Waals surface area contributed by atoms with E-state index >= 15 is 0 Å². The summed E-state index contributed by atoms with van der Waals surface area (Å²) in [5, 5.41) is 11.0. The number of aliphatic hydroxyl groups is 1. The molecule has 2 atom stereocenters. The molecule has 160 valence electrons. The number of carbonyl (C=O) groups excluding carboxylic acids is 2. The Morgan fingerprint density at radius 1 is 1.21 bits per heavy atom. The van der Waals surface area contributed by atoms with Crippen molar-refractivity contribution in [3.8, 4) is 5.75 Å². The largest absolute Gasteiger partial charge is 0.477 e. The van der Waals surface area contributed by atoms with E-state index < -0.39 is 59.6 Å². The normalized spacial score (nSPS) is 22.9. The van der Waals surface area contributed by atoms with Gasteiger partial charge < -0.3 is 19.9 Å². The van der Waals surface area contributed by atoms with Crippen LogP contribution in [0, 0.1) is 0 Å². The number of halogens is 7. The highest BCUT2D eigenvalue weighted by atomic mass is 35.5. The fraction of sp³-hybridized carbons (Fsp3) is 0.375. The lowest BCUT2D eigenvalue weighted by Gasteiger charge is -2.41. The lowest BCUT2D eigenvalue weighted by atomic mass is 9.89. The number of rotatable bonds is 4. The van der Waals surface area contributed by atoms with Crippen LogP contribution in [0.15, 0.2) is 35.5 Å². The molecular formula is C16H12ClF6NO5. The highest BCUT2D eigenvalue weighted by molar-refractivity contribution is 6.30. The third-order valence-corrected chi connectivity index (χ3v) is 3.94. The number of Topliss-reactive ketones (excluding diaryl/α,β-unsaturated/α-hetero) is 1. The molecule has 2 rings (SSSR count). The van der Waals surface area contributed by atoms with Gasteiger partial charge in [-0.1, -0.05) is 11.6 Å².